The average Bonchev–Trinajstić information content (AvgIpc) is 2.28. The summed E-state index contributed by atoms with van der Waals surface area (Å²) in [6.45, 7) is 0. The SMILES string of the molecule is Nc1nc(N)nc(CC(O)c2ccccc2)n1. The van der Waals surface area contributed by atoms with E-state index in [0.29, 0.717) is 5.82 Å². The van der Waals surface area contributed by atoms with Crippen LogP contribution in [0.15, 0.2) is 30.3 Å². The van der Waals surface area contributed by atoms with E-state index in [1.54, 1.807) is 0 Å². The predicted octanol–water partition coefficient (Wildman–Crippen LogP) is 0.312. The maximum absolute atomic E-state index is 9.97. The van der Waals surface area contributed by atoms with Crippen LogP contribution in [0.25, 0.3) is 0 Å². The van der Waals surface area contributed by atoms with Crippen LogP contribution in [0.4, 0.5) is 11.9 Å². The zero-order valence-corrected chi connectivity index (χ0v) is 9.11. The quantitative estimate of drug-likeness (QED) is 0.701. The van der Waals surface area contributed by atoms with Crippen molar-refractivity contribution in [1.29, 1.82) is 0 Å². The van der Waals surface area contributed by atoms with Crippen molar-refractivity contribution in [3.8, 4) is 0 Å². The van der Waals surface area contributed by atoms with E-state index in [2.05, 4.69) is 15.0 Å². The van der Waals surface area contributed by atoms with Gasteiger partial charge in [0.1, 0.15) is 5.82 Å². The van der Waals surface area contributed by atoms with Gasteiger partial charge in [0.15, 0.2) is 0 Å². The minimum absolute atomic E-state index is 0.0627. The van der Waals surface area contributed by atoms with E-state index in [1.807, 2.05) is 30.3 Å². The van der Waals surface area contributed by atoms with Gasteiger partial charge in [-0.15, -0.1) is 0 Å². The molecule has 17 heavy (non-hydrogen) atoms. The maximum atomic E-state index is 9.97. The second-order valence-electron chi connectivity index (χ2n) is 3.60. The largest absolute Gasteiger partial charge is 0.388 e. The monoisotopic (exact) mass is 231 g/mol. The fourth-order valence-corrected chi connectivity index (χ4v) is 1.51. The van der Waals surface area contributed by atoms with Gasteiger partial charge in [0.25, 0.3) is 0 Å². The summed E-state index contributed by atoms with van der Waals surface area (Å²) in [5, 5.41) is 9.97. The van der Waals surface area contributed by atoms with Gasteiger partial charge in [-0.2, -0.15) is 15.0 Å². The van der Waals surface area contributed by atoms with E-state index in [-0.39, 0.29) is 18.3 Å². The number of aliphatic hydroxyl groups excluding tert-OH is 1. The van der Waals surface area contributed by atoms with E-state index in [1.165, 1.54) is 0 Å². The molecule has 1 unspecified atom stereocenters. The first-order valence-electron chi connectivity index (χ1n) is 5.14. The van der Waals surface area contributed by atoms with Gasteiger partial charge in [-0.3, -0.25) is 0 Å². The number of anilines is 2. The summed E-state index contributed by atoms with van der Waals surface area (Å²) in [6.07, 6.45) is -0.432. The van der Waals surface area contributed by atoms with Crippen LogP contribution in [0.1, 0.15) is 17.5 Å². The van der Waals surface area contributed by atoms with Crippen LogP contribution < -0.4 is 11.5 Å². The van der Waals surface area contributed by atoms with Gasteiger partial charge in [-0.1, -0.05) is 30.3 Å². The van der Waals surface area contributed by atoms with Crippen LogP contribution in [0.3, 0.4) is 0 Å². The second kappa shape index (κ2) is 4.75. The highest BCUT2D eigenvalue weighted by atomic mass is 16.3. The van der Waals surface area contributed by atoms with Crippen LogP contribution in [0.2, 0.25) is 0 Å². The predicted molar refractivity (Wildman–Crippen MR) is 63.8 cm³/mol. The first-order valence-corrected chi connectivity index (χ1v) is 5.14. The number of benzene rings is 1. The lowest BCUT2D eigenvalue weighted by Gasteiger charge is -2.09. The van der Waals surface area contributed by atoms with E-state index < -0.39 is 6.10 Å². The van der Waals surface area contributed by atoms with Crippen LogP contribution in [-0.4, -0.2) is 20.1 Å². The Morgan fingerprint density at radius 1 is 1.00 bits per heavy atom. The highest BCUT2D eigenvalue weighted by Gasteiger charge is 2.11. The second-order valence-corrected chi connectivity index (χ2v) is 3.60. The van der Waals surface area contributed by atoms with Crippen molar-refractivity contribution in [2.75, 3.05) is 11.5 Å². The molecule has 0 radical (unpaired) electrons. The lowest BCUT2D eigenvalue weighted by atomic mass is 10.1. The van der Waals surface area contributed by atoms with Crippen molar-refractivity contribution >= 4 is 11.9 Å². The molecule has 0 aliphatic rings. The molecule has 6 nitrogen and oxygen atoms in total. The summed E-state index contributed by atoms with van der Waals surface area (Å²) in [6, 6.07) is 9.26. The first kappa shape index (κ1) is 11.3. The zero-order chi connectivity index (χ0) is 12.3. The van der Waals surface area contributed by atoms with E-state index in [0.717, 1.165) is 5.56 Å². The molecule has 0 bridgehead atoms. The Hall–Kier alpha value is -2.21. The third-order valence-corrected chi connectivity index (χ3v) is 2.28. The molecule has 1 aromatic carbocycles. The van der Waals surface area contributed by atoms with Crippen molar-refractivity contribution in [2.24, 2.45) is 0 Å². The summed E-state index contributed by atoms with van der Waals surface area (Å²) in [4.78, 5) is 11.5. The Morgan fingerprint density at radius 3 is 2.18 bits per heavy atom. The highest BCUT2D eigenvalue weighted by Crippen LogP contribution is 2.16. The summed E-state index contributed by atoms with van der Waals surface area (Å²) in [5.74, 6) is 0.506. The van der Waals surface area contributed by atoms with Crippen LogP contribution in [0.5, 0.6) is 0 Å². The number of hydrogen-bond acceptors (Lipinski definition) is 6. The molecule has 6 heteroatoms. The molecule has 0 aliphatic heterocycles. The zero-order valence-electron chi connectivity index (χ0n) is 9.11. The van der Waals surface area contributed by atoms with Gasteiger partial charge < -0.3 is 16.6 Å². The molecule has 2 rings (SSSR count). The smallest absolute Gasteiger partial charge is 0.225 e. The Bertz CT molecular complexity index is 482. The molecule has 0 amide bonds. The number of nitrogen functional groups attached to an aromatic ring is 2. The third-order valence-electron chi connectivity index (χ3n) is 2.28. The highest BCUT2D eigenvalue weighted by molar-refractivity contribution is 5.26. The number of aliphatic hydroxyl groups is 1. The standard InChI is InChI=1S/C11H13N5O/c12-10-14-9(15-11(13)16-10)6-8(17)7-4-2-1-3-5-7/h1-5,8,17H,6H2,(H4,12,13,14,15,16). The minimum atomic E-state index is -0.683. The van der Waals surface area contributed by atoms with Crippen molar-refractivity contribution in [3.63, 3.8) is 0 Å². The van der Waals surface area contributed by atoms with Crippen LogP contribution in [-0.2, 0) is 6.42 Å². The normalized spacial score (nSPS) is 12.3. The van der Waals surface area contributed by atoms with Crippen molar-refractivity contribution < 1.29 is 5.11 Å². The van der Waals surface area contributed by atoms with Crippen LogP contribution >= 0.6 is 0 Å². The number of hydrogen-bond donors (Lipinski definition) is 3. The van der Waals surface area contributed by atoms with Gasteiger partial charge >= 0.3 is 0 Å². The lowest BCUT2D eigenvalue weighted by Crippen LogP contribution is -2.10. The summed E-state index contributed by atoms with van der Waals surface area (Å²) in [7, 11) is 0. The molecule has 1 atom stereocenters. The molecular formula is C11H13N5O. The van der Waals surface area contributed by atoms with Crippen LogP contribution in [0, 0.1) is 0 Å². The van der Waals surface area contributed by atoms with Gasteiger partial charge in [-0.05, 0) is 5.56 Å². The topological polar surface area (TPSA) is 111 Å². The number of aromatic nitrogens is 3. The molecule has 1 aromatic heterocycles. The molecular weight excluding hydrogens is 218 g/mol. The molecule has 0 spiro atoms. The van der Waals surface area contributed by atoms with Gasteiger partial charge in [0.05, 0.1) is 6.10 Å². The Morgan fingerprint density at radius 2 is 1.59 bits per heavy atom. The molecule has 0 fully saturated rings. The number of nitrogens with two attached hydrogens (primary N) is 2. The summed E-state index contributed by atoms with van der Waals surface area (Å²) in [5.41, 5.74) is 11.7. The van der Waals surface area contributed by atoms with Crippen molar-refractivity contribution in [3.05, 3.63) is 41.7 Å². The third kappa shape index (κ3) is 2.88. The van der Waals surface area contributed by atoms with Crippen molar-refractivity contribution in [1.82, 2.24) is 15.0 Å². The molecule has 0 saturated carbocycles. The summed E-state index contributed by atoms with van der Waals surface area (Å²) < 4.78 is 0. The fraction of sp³-hybridized carbons (Fsp3) is 0.182. The number of nitrogens with zero attached hydrogens (tertiary/aromatic N) is 3. The lowest BCUT2D eigenvalue weighted by molar-refractivity contribution is 0.176. The Kier molecular flexibility index (Phi) is 3.15. The fourth-order valence-electron chi connectivity index (χ4n) is 1.51. The Balaban J connectivity index is 2.16. The van der Waals surface area contributed by atoms with Gasteiger partial charge in [-0.25, -0.2) is 0 Å². The molecule has 88 valence electrons. The molecule has 0 aliphatic carbocycles. The molecule has 2 aromatic rings. The minimum Gasteiger partial charge on any atom is -0.388 e. The molecule has 1 heterocycles. The van der Waals surface area contributed by atoms with E-state index in [9.17, 15) is 5.11 Å². The Labute approximate surface area is 98.4 Å². The molecule has 0 saturated heterocycles. The van der Waals surface area contributed by atoms with Crippen molar-refractivity contribution in [2.45, 2.75) is 12.5 Å². The summed E-state index contributed by atoms with van der Waals surface area (Å²) >= 11 is 0. The maximum Gasteiger partial charge on any atom is 0.225 e. The van der Waals surface area contributed by atoms with Gasteiger partial charge in [0.2, 0.25) is 11.9 Å². The number of rotatable bonds is 3. The molecule has 5 N–H and O–H groups in total. The average molecular weight is 231 g/mol. The van der Waals surface area contributed by atoms with E-state index >= 15 is 0 Å². The first-order chi connectivity index (χ1) is 8.15. The van der Waals surface area contributed by atoms with Gasteiger partial charge in [0, 0.05) is 6.42 Å². The van der Waals surface area contributed by atoms with E-state index in [4.69, 9.17) is 11.5 Å².